The number of hydrogen-bond donors (Lipinski definition) is 0. The molecule has 1 aromatic heterocycles. The highest BCUT2D eigenvalue weighted by atomic mass is 127. The third-order valence-electron chi connectivity index (χ3n) is 3.46. The number of pyridine rings is 1. The molecule has 6 heteroatoms. The zero-order valence-electron chi connectivity index (χ0n) is 13.1. The summed E-state index contributed by atoms with van der Waals surface area (Å²) in [7, 11) is 1.62. The van der Waals surface area contributed by atoms with E-state index in [0.717, 1.165) is 25.0 Å². The van der Waals surface area contributed by atoms with Gasteiger partial charge in [-0.05, 0) is 60.6 Å². The smallest absolute Gasteiger partial charge is 0.213 e. The molecule has 0 aliphatic carbocycles. The summed E-state index contributed by atoms with van der Waals surface area (Å²) in [5, 5.41) is 0.724. The second-order valence-electron chi connectivity index (χ2n) is 5.28. The van der Waals surface area contributed by atoms with Gasteiger partial charge in [0.15, 0.2) is 0 Å². The van der Waals surface area contributed by atoms with E-state index in [1.54, 1.807) is 7.11 Å². The Kier molecular flexibility index (Phi) is 7.13. The van der Waals surface area contributed by atoms with E-state index >= 15 is 0 Å². The van der Waals surface area contributed by atoms with Crippen molar-refractivity contribution in [3.63, 3.8) is 0 Å². The molecule has 2 atom stereocenters. The van der Waals surface area contributed by atoms with Crippen molar-refractivity contribution < 1.29 is 9.47 Å². The topological polar surface area (TPSA) is 31.4 Å². The van der Waals surface area contributed by atoms with Crippen LogP contribution in [0.3, 0.4) is 0 Å². The average Bonchev–Trinajstić information content (AvgIpc) is 2.49. The summed E-state index contributed by atoms with van der Waals surface area (Å²) in [5.41, 5.74) is 2.24. The molecule has 2 aromatic rings. The van der Waals surface area contributed by atoms with Gasteiger partial charge in [-0.3, -0.25) is 0 Å². The van der Waals surface area contributed by atoms with E-state index in [9.17, 15) is 0 Å². The van der Waals surface area contributed by atoms with E-state index in [0.29, 0.717) is 5.88 Å². The molecular weight excluding hydrogens is 492 g/mol. The van der Waals surface area contributed by atoms with Gasteiger partial charge in [-0.15, -0.1) is 0 Å². The van der Waals surface area contributed by atoms with Gasteiger partial charge in [0.2, 0.25) is 5.88 Å². The SMILES string of the molecule is COc1cc(I)c(C(C)O[C@H](C)Cc2ccc(Cl)cc2Br)cn1. The third-order valence-corrected chi connectivity index (χ3v) is 5.37. The van der Waals surface area contributed by atoms with Gasteiger partial charge >= 0.3 is 0 Å². The molecule has 1 heterocycles. The van der Waals surface area contributed by atoms with Crippen molar-refractivity contribution in [2.75, 3.05) is 7.11 Å². The zero-order valence-corrected chi connectivity index (χ0v) is 17.6. The van der Waals surface area contributed by atoms with Gasteiger partial charge in [0.05, 0.1) is 19.3 Å². The lowest BCUT2D eigenvalue weighted by molar-refractivity contribution is 0.00697. The van der Waals surface area contributed by atoms with Crippen LogP contribution in [0.25, 0.3) is 0 Å². The molecule has 23 heavy (non-hydrogen) atoms. The fourth-order valence-electron chi connectivity index (χ4n) is 2.30. The third kappa shape index (κ3) is 5.31. The minimum atomic E-state index is -0.0404. The lowest BCUT2D eigenvalue weighted by Gasteiger charge is -2.21. The van der Waals surface area contributed by atoms with Gasteiger partial charge in [-0.1, -0.05) is 33.6 Å². The molecule has 0 saturated carbocycles. The van der Waals surface area contributed by atoms with E-state index in [4.69, 9.17) is 21.1 Å². The van der Waals surface area contributed by atoms with Crippen LogP contribution >= 0.6 is 50.1 Å². The van der Waals surface area contributed by atoms with Crippen LogP contribution in [0.1, 0.15) is 31.1 Å². The van der Waals surface area contributed by atoms with Crippen molar-refractivity contribution in [1.29, 1.82) is 0 Å². The number of hydrogen-bond acceptors (Lipinski definition) is 3. The molecule has 3 nitrogen and oxygen atoms in total. The first kappa shape index (κ1) is 19.0. The molecule has 0 bridgehead atoms. The quantitative estimate of drug-likeness (QED) is 0.459. The molecule has 0 amide bonds. The summed E-state index contributed by atoms with van der Waals surface area (Å²) in [6.45, 7) is 4.11. The Morgan fingerprint density at radius 1 is 1.30 bits per heavy atom. The predicted molar refractivity (Wildman–Crippen MR) is 105 cm³/mol. The summed E-state index contributed by atoms with van der Waals surface area (Å²) in [6.07, 6.45) is 2.65. The van der Waals surface area contributed by atoms with Crippen LogP contribution in [0.15, 0.2) is 34.9 Å². The Bertz CT molecular complexity index is 684. The molecule has 2 rings (SSSR count). The number of aromatic nitrogens is 1. The van der Waals surface area contributed by atoms with E-state index in [1.807, 2.05) is 37.4 Å². The highest BCUT2D eigenvalue weighted by molar-refractivity contribution is 14.1. The Morgan fingerprint density at radius 3 is 2.65 bits per heavy atom. The summed E-state index contributed by atoms with van der Waals surface area (Å²) >= 11 is 11.8. The normalized spacial score (nSPS) is 13.7. The molecule has 0 spiro atoms. The predicted octanol–water partition coefficient (Wildman–Crippen LogP) is 5.82. The van der Waals surface area contributed by atoms with Crippen molar-refractivity contribution in [2.45, 2.75) is 32.5 Å². The molecule has 124 valence electrons. The lowest BCUT2D eigenvalue weighted by Crippen LogP contribution is -2.15. The zero-order chi connectivity index (χ0) is 17.0. The Hall–Kier alpha value is -0.370. The first-order valence-electron chi connectivity index (χ1n) is 7.19. The molecule has 0 N–H and O–H groups in total. The van der Waals surface area contributed by atoms with E-state index < -0.39 is 0 Å². The van der Waals surface area contributed by atoms with Crippen LogP contribution in [-0.2, 0) is 11.2 Å². The largest absolute Gasteiger partial charge is 0.481 e. The van der Waals surface area contributed by atoms with Crippen LogP contribution in [0.4, 0.5) is 0 Å². The molecule has 0 saturated heterocycles. The number of halogens is 3. The van der Waals surface area contributed by atoms with Crippen molar-refractivity contribution in [2.24, 2.45) is 0 Å². The first-order chi connectivity index (χ1) is 10.9. The Balaban J connectivity index is 2.03. The maximum atomic E-state index is 6.14. The minimum Gasteiger partial charge on any atom is -0.481 e. The average molecular weight is 511 g/mol. The number of ether oxygens (including phenoxy) is 2. The molecule has 1 aromatic carbocycles. The van der Waals surface area contributed by atoms with Gasteiger partial charge in [0.25, 0.3) is 0 Å². The van der Waals surface area contributed by atoms with Gasteiger partial charge in [-0.2, -0.15) is 0 Å². The molecule has 0 aliphatic rings. The van der Waals surface area contributed by atoms with Crippen molar-refractivity contribution >= 4 is 50.1 Å². The van der Waals surface area contributed by atoms with Crippen LogP contribution < -0.4 is 4.74 Å². The highest BCUT2D eigenvalue weighted by Gasteiger charge is 2.16. The fraction of sp³-hybridized carbons (Fsp3) is 0.353. The van der Waals surface area contributed by atoms with Gasteiger partial charge in [0, 0.05) is 30.9 Å². The molecular formula is C17H18BrClINO2. The summed E-state index contributed by atoms with van der Waals surface area (Å²) in [5.74, 6) is 0.614. The van der Waals surface area contributed by atoms with Crippen molar-refractivity contribution in [3.05, 3.63) is 54.7 Å². The molecule has 1 unspecified atom stereocenters. The van der Waals surface area contributed by atoms with Gasteiger partial charge < -0.3 is 9.47 Å². The molecule has 0 aliphatic heterocycles. The maximum Gasteiger partial charge on any atom is 0.213 e. The monoisotopic (exact) mass is 509 g/mol. The summed E-state index contributed by atoms with van der Waals surface area (Å²) in [4.78, 5) is 4.26. The maximum absolute atomic E-state index is 6.14. The van der Waals surface area contributed by atoms with E-state index in [2.05, 4.69) is 50.4 Å². The molecule has 0 fully saturated rings. The Morgan fingerprint density at radius 2 is 2.04 bits per heavy atom. The van der Waals surface area contributed by atoms with Gasteiger partial charge in [0.1, 0.15) is 0 Å². The van der Waals surface area contributed by atoms with E-state index in [1.165, 1.54) is 5.56 Å². The summed E-state index contributed by atoms with van der Waals surface area (Å²) in [6, 6.07) is 7.74. The van der Waals surface area contributed by atoms with Gasteiger partial charge in [-0.25, -0.2) is 4.98 Å². The number of methoxy groups -OCH3 is 1. The Labute approximate surface area is 164 Å². The fourth-order valence-corrected chi connectivity index (χ4v) is 3.99. The van der Waals surface area contributed by atoms with E-state index in [-0.39, 0.29) is 12.2 Å². The summed E-state index contributed by atoms with van der Waals surface area (Å²) < 4.78 is 13.4. The van der Waals surface area contributed by atoms with Crippen LogP contribution in [-0.4, -0.2) is 18.2 Å². The lowest BCUT2D eigenvalue weighted by atomic mass is 10.1. The van der Waals surface area contributed by atoms with Crippen LogP contribution in [0.5, 0.6) is 5.88 Å². The first-order valence-corrected chi connectivity index (χ1v) is 9.44. The number of benzene rings is 1. The standard InChI is InChI=1S/C17H18BrClINO2/c1-10(6-12-4-5-13(19)7-15(12)18)23-11(2)14-9-21-17(22-3)8-16(14)20/h4-5,7-11H,6H2,1-3H3/t10-,11?/m1/s1. The molecule has 0 radical (unpaired) electrons. The second kappa shape index (κ2) is 8.65. The van der Waals surface area contributed by atoms with Crippen molar-refractivity contribution in [3.8, 4) is 5.88 Å². The minimum absolute atomic E-state index is 0.0404. The van der Waals surface area contributed by atoms with Crippen LogP contribution in [0.2, 0.25) is 5.02 Å². The number of nitrogens with zero attached hydrogens (tertiary/aromatic N) is 1. The second-order valence-corrected chi connectivity index (χ2v) is 7.73. The highest BCUT2D eigenvalue weighted by Crippen LogP contribution is 2.28. The number of rotatable bonds is 6. The van der Waals surface area contributed by atoms with Crippen LogP contribution in [0, 0.1) is 3.57 Å². The van der Waals surface area contributed by atoms with Crippen molar-refractivity contribution in [1.82, 2.24) is 4.98 Å².